The number of carbonyl (C=O) groups is 1. The number of anilines is 1. The number of rotatable bonds is 6. The molecule has 0 saturated carbocycles. The Labute approximate surface area is 114 Å². The minimum absolute atomic E-state index is 0.0480. The second-order valence-corrected chi connectivity index (χ2v) is 5.54. The quantitative estimate of drug-likeness (QED) is 0.844. The first-order valence-corrected chi connectivity index (χ1v) is 7.31. The standard InChI is InChI=1S/C11H16BrN3OS/c1-2-9(13)6-17-7-11(16)15-10-4-3-8(12)5-14-10/h3-5,9H,2,6-7,13H2,1H3,(H,14,15,16). The van der Waals surface area contributed by atoms with Gasteiger partial charge in [-0.15, -0.1) is 0 Å². The number of carbonyl (C=O) groups excluding carboxylic acids is 1. The van der Waals surface area contributed by atoms with E-state index in [-0.39, 0.29) is 11.9 Å². The fourth-order valence-electron chi connectivity index (χ4n) is 1.05. The zero-order chi connectivity index (χ0) is 12.7. The highest BCUT2D eigenvalue weighted by Gasteiger charge is 2.05. The summed E-state index contributed by atoms with van der Waals surface area (Å²) in [6.07, 6.45) is 2.58. The van der Waals surface area contributed by atoms with Crippen LogP contribution < -0.4 is 11.1 Å². The van der Waals surface area contributed by atoms with Gasteiger partial charge < -0.3 is 11.1 Å². The summed E-state index contributed by atoms with van der Waals surface area (Å²) in [6, 6.07) is 3.76. The Morgan fingerprint density at radius 1 is 1.65 bits per heavy atom. The minimum atomic E-state index is -0.0480. The van der Waals surface area contributed by atoms with Gasteiger partial charge in [-0.1, -0.05) is 6.92 Å². The number of nitrogens with one attached hydrogen (secondary N) is 1. The average molecular weight is 318 g/mol. The van der Waals surface area contributed by atoms with Gasteiger partial charge in [0.1, 0.15) is 5.82 Å². The number of nitrogens with two attached hydrogens (primary N) is 1. The van der Waals surface area contributed by atoms with Crippen LogP contribution in [0.2, 0.25) is 0 Å². The third-order valence-corrected chi connectivity index (χ3v) is 3.68. The first-order valence-electron chi connectivity index (χ1n) is 5.36. The van der Waals surface area contributed by atoms with Gasteiger partial charge in [0, 0.05) is 22.5 Å². The minimum Gasteiger partial charge on any atom is -0.327 e. The van der Waals surface area contributed by atoms with Crippen LogP contribution in [-0.4, -0.2) is 28.4 Å². The van der Waals surface area contributed by atoms with E-state index in [1.54, 1.807) is 24.0 Å². The number of hydrogen-bond acceptors (Lipinski definition) is 4. The normalized spacial score (nSPS) is 12.2. The van der Waals surface area contributed by atoms with Crippen molar-refractivity contribution in [2.45, 2.75) is 19.4 Å². The van der Waals surface area contributed by atoms with E-state index in [9.17, 15) is 4.79 Å². The Morgan fingerprint density at radius 3 is 3.00 bits per heavy atom. The molecule has 94 valence electrons. The highest BCUT2D eigenvalue weighted by atomic mass is 79.9. The first-order chi connectivity index (χ1) is 8.11. The molecule has 1 aromatic rings. The zero-order valence-corrected chi connectivity index (χ0v) is 12.1. The summed E-state index contributed by atoms with van der Waals surface area (Å²) in [5, 5.41) is 2.73. The molecule has 17 heavy (non-hydrogen) atoms. The Morgan fingerprint density at radius 2 is 2.41 bits per heavy atom. The van der Waals surface area contributed by atoms with E-state index in [1.165, 1.54) is 0 Å². The SMILES string of the molecule is CCC(N)CSCC(=O)Nc1ccc(Br)cn1. The van der Waals surface area contributed by atoms with Crippen molar-refractivity contribution >= 4 is 39.4 Å². The van der Waals surface area contributed by atoms with E-state index in [1.807, 2.05) is 13.0 Å². The molecule has 1 aromatic heterocycles. The molecular formula is C11H16BrN3OS. The Hall–Kier alpha value is -0.590. The number of aromatic nitrogens is 1. The van der Waals surface area contributed by atoms with Crippen LogP contribution >= 0.6 is 27.7 Å². The van der Waals surface area contributed by atoms with Gasteiger partial charge in [0.15, 0.2) is 0 Å². The number of nitrogens with zero attached hydrogens (tertiary/aromatic N) is 1. The molecule has 0 aromatic carbocycles. The molecule has 0 radical (unpaired) electrons. The number of amides is 1. The summed E-state index contributed by atoms with van der Waals surface area (Å²) in [5.74, 6) is 1.73. The van der Waals surface area contributed by atoms with Crippen LogP contribution in [0.3, 0.4) is 0 Å². The molecule has 6 heteroatoms. The van der Waals surface area contributed by atoms with E-state index in [0.29, 0.717) is 11.6 Å². The van der Waals surface area contributed by atoms with Gasteiger partial charge in [-0.2, -0.15) is 11.8 Å². The van der Waals surface area contributed by atoms with Gasteiger partial charge >= 0.3 is 0 Å². The fraction of sp³-hybridized carbons (Fsp3) is 0.455. The number of hydrogen-bond donors (Lipinski definition) is 2. The Kier molecular flexibility index (Phi) is 6.54. The molecule has 1 unspecified atom stereocenters. The lowest BCUT2D eigenvalue weighted by molar-refractivity contribution is -0.113. The second kappa shape index (κ2) is 7.68. The van der Waals surface area contributed by atoms with Crippen LogP contribution in [0.25, 0.3) is 0 Å². The molecule has 0 aliphatic heterocycles. The molecule has 0 fully saturated rings. The van der Waals surface area contributed by atoms with E-state index in [4.69, 9.17) is 5.73 Å². The van der Waals surface area contributed by atoms with Crippen molar-refractivity contribution in [1.29, 1.82) is 0 Å². The summed E-state index contributed by atoms with van der Waals surface area (Å²) in [4.78, 5) is 15.6. The molecule has 0 aliphatic rings. The van der Waals surface area contributed by atoms with E-state index < -0.39 is 0 Å². The molecule has 1 heterocycles. The molecular weight excluding hydrogens is 302 g/mol. The van der Waals surface area contributed by atoms with Crippen molar-refractivity contribution in [2.75, 3.05) is 16.8 Å². The maximum atomic E-state index is 11.5. The second-order valence-electron chi connectivity index (χ2n) is 3.59. The monoisotopic (exact) mass is 317 g/mol. The molecule has 0 spiro atoms. The molecule has 1 atom stereocenters. The van der Waals surface area contributed by atoms with Gasteiger partial charge in [-0.05, 0) is 34.5 Å². The summed E-state index contributed by atoms with van der Waals surface area (Å²) in [5.41, 5.74) is 5.76. The number of halogens is 1. The number of thioether (sulfide) groups is 1. The van der Waals surface area contributed by atoms with Crippen LogP contribution in [0.1, 0.15) is 13.3 Å². The predicted octanol–water partition coefficient (Wildman–Crippen LogP) is 2.25. The van der Waals surface area contributed by atoms with Gasteiger partial charge in [0.2, 0.25) is 5.91 Å². The van der Waals surface area contributed by atoms with Crippen LogP contribution in [0.4, 0.5) is 5.82 Å². The van der Waals surface area contributed by atoms with Crippen molar-refractivity contribution in [3.8, 4) is 0 Å². The maximum absolute atomic E-state index is 11.5. The fourth-order valence-corrected chi connectivity index (χ4v) is 2.20. The highest BCUT2D eigenvalue weighted by Crippen LogP contribution is 2.11. The lowest BCUT2D eigenvalue weighted by Gasteiger charge is -2.08. The Balaban J connectivity index is 2.27. The summed E-state index contributed by atoms with van der Waals surface area (Å²) in [7, 11) is 0. The van der Waals surface area contributed by atoms with Gasteiger partial charge in [0.25, 0.3) is 0 Å². The third-order valence-electron chi connectivity index (χ3n) is 2.08. The van der Waals surface area contributed by atoms with Crippen LogP contribution in [0.15, 0.2) is 22.8 Å². The van der Waals surface area contributed by atoms with Crippen molar-refractivity contribution < 1.29 is 4.79 Å². The molecule has 3 N–H and O–H groups in total. The van der Waals surface area contributed by atoms with Crippen molar-refractivity contribution in [3.63, 3.8) is 0 Å². The smallest absolute Gasteiger partial charge is 0.235 e. The molecule has 0 aliphatic carbocycles. The third kappa shape index (κ3) is 6.05. The van der Waals surface area contributed by atoms with E-state index in [0.717, 1.165) is 16.6 Å². The molecule has 1 amide bonds. The zero-order valence-electron chi connectivity index (χ0n) is 9.65. The van der Waals surface area contributed by atoms with Gasteiger partial charge in [-0.25, -0.2) is 4.98 Å². The van der Waals surface area contributed by atoms with Crippen LogP contribution in [0.5, 0.6) is 0 Å². The average Bonchev–Trinajstić information content (AvgIpc) is 2.32. The summed E-state index contributed by atoms with van der Waals surface area (Å²) in [6.45, 7) is 2.04. The van der Waals surface area contributed by atoms with Crippen LogP contribution in [-0.2, 0) is 4.79 Å². The maximum Gasteiger partial charge on any atom is 0.235 e. The van der Waals surface area contributed by atoms with Gasteiger partial charge in [0.05, 0.1) is 5.75 Å². The lowest BCUT2D eigenvalue weighted by atomic mass is 10.3. The summed E-state index contributed by atoms with van der Waals surface area (Å²) >= 11 is 4.83. The Bertz CT molecular complexity index is 358. The largest absolute Gasteiger partial charge is 0.327 e. The van der Waals surface area contributed by atoms with Crippen molar-refractivity contribution in [3.05, 3.63) is 22.8 Å². The van der Waals surface area contributed by atoms with Crippen molar-refractivity contribution in [2.24, 2.45) is 5.73 Å². The van der Waals surface area contributed by atoms with Gasteiger partial charge in [-0.3, -0.25) is 4.79 Å². The highest BCUT2D eigenvalue weighted by molar-refractivity contribution is 9.10. The van der Waals surface area contributed by atoms with Crippen molar-refractivity contribution in [1.82, 2.24) is 4.98 Å². The number of pyridine rings is 1. The molecule has 0 saturated heterocycles. The predicted molar refractivity (Wildman–Crippen MR) is 76.2 cm³/mol. The molecule has 1 rings (SSSR count). The lowest BCUT2D eigenvalue weighted by Crippen LogP contribution is -2.23. The first kappa shape index (κ1) is 14.5. The molecule has 4 nitrogen and oxygen atoms in total. The van der Waals surface area contributed by atoms with Crippen LogP contribution in [0, 0.1) is 0 Å². The topological polar surface area (TPSA) is 68.0 Å². The molecule has 0 bridgehead atoms. The van der Waals surface area contributed by atoms with E-state index in [2.05, 4.69) is 26.2 Å². The van der Waals surface area contributed by atoms with E-state index >= 15 is 0 Å². The summed E-state index contributed by atoms with van der Waals surface area (Å²) < 4.78 is 0.888.